The summed E-state index contributed by atoms with van der Waals surface area (Å²) in [5.74, 6) is 0. The van der Waals surface area contributed by atoms with Gasteiger partial charge in [0.2, 0.25) is 0 Å². The Hall–Kier alpha value is -0.560. The van der Waals surface area contributed by atoms with Crippen molar-refractivity contribution in [1.82, 2.24) is 0 Å². The number of halogens is 1. The zero-order valence-electron chi connectivity index (χ0n) is 7.97. The Morgan fingerprint density at radius 1 is 1.50 bits per heavy atom. The van der Waals surface area contributed by atoms with Crippen molar-refractivity contribution in [3.05, 3.63) is 23.9 Å². The predicted octanol–water partition coefficient (Wildman–Crippen LogP) is 3.90. The first-order chi connectivity index (χ1) is 5.72. The minimum absolute atomic E-state index is 0.585. The predicted molar refractivity (Wildman–Crippen MR) is 56.8 cm³/mol. The van der Waals surface area contributed by atoms with E-state index in [1.54, 1.807) is 6.20 Å². The van der Waals surface area contributed by atoms with E-state index in [0.717, 1.165) is 18.4 Å². The Morgan fingerprint density at radius 2 is 2.17 bits per heavy atom. The van der Waals surface area contributed by atoms with E-state index in [1.807, 2.05) is 19.9 Å². The number of rotatable bonds is 4. The molecule has 2 heteroatoms. The van der Waals surface area contributed by atoms with Gasteiger partial charge in [-0.3, -0.25) is 0 Å². The van der Waals surface area contributed by atoms with Crippen molar-refractivity contribution >= 4 is 16.8 Å². The van der Waals surface area contributed by atoms with Crippen LogP contribution in [-0.2, 0) is 0 Å². The summed E-state index contributed by atoms with van der Waals surface area (Å²) < 4.78 is 0. The Balaban J connectivity index is 4.16. The van der Waals surface area contributed by atoms with Gasteiger partial charge in [-0.05, 0) is 25.8 Å². The molecule has 0 aliphatic carbocycles. The highest BCUT2D eigenvalue weighted by atomic mass is 35.5. The summed E-state index contributed by atoms with van der Waals surface area (Å²) in [7, 11) is 0. The average Bonchev–Trinajstić information content (AvgIpc) is 2.10. The lowest BCUT2D eigenvalue weighted by Gasteiger charge is -1.95. The quantitative estimate of drug-likeness (QED) is 0.589. The highest BCUT2D eigenvalue weighted by Gasteiger charge is 1.93. The van der Waals surface area contributed by atoms with Crippen LogP contribution in [0.15, 0.2) is 28.9 Å². The van der Waals surface area contributed by atoms with Crippen LogP contribution < -0.4 is 0 Å². The molecule has 0 aromatic carbocycles. The fraction of sp³-hybridized carbons (Fsp3) is 0.500. The standard InChI is InChI=1S/C10H16ClN/c1-4-6-7-9(3)10(11)12-8-5-2/h5,7-8H,4,6H2,1-3H3/b8-5-,9-7+,12-10-. The summed E-state index contributed by atoms with van der Waals surface area (Å²) in [5, 5.41) is 0.585. The smallest absolute Gasteiger partial charge is 0.131 e. The van der Waals surface area contributed by atoms with Gasteiger partial charge >= 0.3 is 0 Å². The second-order valence-electron chi connectivity index (χ2n) is 2.58. The van der Waals surface area contributed by atoms with Crippen molar-refractivity contribution in [3.8, 4) is 0 Å². The lowest BCUT2D eigenvalue weighted by Crippen LogP contribution is -1.88. The Bertz CT molecular complexity index is 202. The third-order valence-corrected chi connectivity index (χ3v) is 1.80. The topological polar surface area (TPSA) is 12.4 Å². The van der Waals surface area contributed by atoms with Gasteiger partial charge in [0.05, 0.1) is 0 Å². The molecular weight excluding hydrogens is 170 g/mol. The van der Waals surface area contributed by atoms with Gasteiger partial charge in [0.25, 0.3) is 0 Å². The van der Waals surface area contributed by atoms with Crippen LogP contribution >= 0.6 is 11.6 Å². The zero-order valence-corrected chi connectivity index (χ0v) is 8.73. The lowest BCUT2D eigenvalue weighted by molar-refractivity contribution is 0.954. The summed E-state index contributed by atoms with van der Waals surface area (Å²) in [5.41, 5.74) is 1.05. The van der Waals surface area contributed by atoms with Crippen LogP contribution in [0.2, 0.25) is 0 Å². The van der Waals surface area contributed by atoms with E-state index in [4.69, 9.17) is 11.6 Å². The van der Waals surface area contributed by atoms with Crippen LogP contribution in [0.5, 0.6) is 0 Å². The van der Waals surface area contributed by atoms with E-state index >= 15 is 0 Å². The zero-order chi connectivity index (χ0) is 9.40. The van der Waals surface area contributed by atoms with Crippen molar-refractivity contribution in [2.24, 2.45) is 4.99 Å². The van der Waals surface area contributed by atoms with Gasteiger partial charge in [-0.1, -0.05) is 37.1 Å². The fourth-order valence-electron chi connectivity index (χ4n) is 0.687. The molecule has 0 saturated heterocycles. The van der Waals surface area contributed by atoms with Crippen molar-refractivity contribution in [1.29, 1.82) is 0 Å². The molecule has 0 heterocycles. The number of allylic oxidation sites excluding steroid dienone is 3. The van der Waals surface area contributed by atoms with Crippen LogP contribution in [0.4, 0.5) is 0 Å². The molecule has 0 aromatic heterocycles. The molecule has 0 spiro atoms. The van der Waals surface area contributed by atoms with Crippen LogP contribution in [0.1, 0.15) is 33.6 Å². The van der Waals surface area contributed by atoms with Crippen LogP contribution in [-0.4, -0.2) is 5.17 Å². The van der Waals surface area contributed by atoms with E-state index < -0.39 is 0 Å². The van der Waals surface area contributed by atoms with Gasteiger partial charge in [0.1, 0.15) is 5.17 Å². The summed E-state index contributed by atoms with van der Waals surface area (Å²) in [6.45, 7) is 6.03. The molecule has 1 nitrogen and oxygen atoms in total. The monoisotopic (exact) mass is 185 g/mol. The van der Waals surface area contributed by atoms with Crippen LogP contribution in [0, 0.1) is 0 Å². The van der Waals surface area contributed by atoms with Crippen molar-refractivity contribution < 1.29 is 0 Å². The molecule has 0 bridgehead atoms. The Morgan fingerprint density at radius 3 is 2.67 bits per heavy atom. The lowest BCUT2D eigenvalue weighted by atomic mass is 10.2. The molecule has 0 fully saturated rings. The molecule has 0 radical (unpaired) electrons. The SMILES string of the molecule is C\C=C/N=C(Cl)/C(C)=C/CCC. The highest BCUT2D eigenvalue weighted by molar-refractivity contribution is 6.69. The second kappa shape index (κ2) is 7.11. The van der Waals surface area contributed by atoms with Gasteiger partial charge in [0.15, 0.2) is 0 Å². The molecule has 0 aliphatic heterocycles. The molecule has 0 amide bonds. The number of hydrogen-bond donors (Lipinski definition) is 0. The first kappa shape index (κ1) is 11.4. The van der Waals surface area contributed by atoms with E-state index in [1.165, 1.54) is 0 Å². The number of aliphatic imine (C=N–C) groups is 1. The maximum atomic E-state index is 5.88. The maximum Gasteiger partial charge on any atom is 0.131 e. The third-order valence-electron chi connectivity index (χ3n) is 1.40. The van der Waals surface area contributed by atoms with Crippen molar-refractivity contribution in [3.63, 3.8) is 0 Å². The largest absolute Gasteiger partial charge is 0.245 e. The number of nitrogens with zero attached hydrogens (tertiary/aromatic N) is 1. The minimum atomic E-state index is 0.585. The molecule has 12 heavy (non-hydrogen) atoms. The number of unbranched alkanes of at least 4 members (excludes halogenated alkanes) is 1. The fourth-order valence-corrected chi connectivity index (χ4v) is 0.820. The summed E-state index contributed by atoms with van der Waals surface area (Å²) >= 11 is 5.88. The number of hydrogen-bond acceptors (Lipinski definition) is 1. The summed E-state index contributed by atoms with van der Waals surface area (Å²) in [6.07, 6.45) is 7.87. The molecule has 0 rings (SSSR count). The first-order valence-electron chi connectivity index (χ1n) is 4.24. The minimum Gasteiger partial charge on any atom is -0.245 e. The van der Waals surface area contributed by atoms with Gasteiger partial charge < -0.3 is 0 Å². The van der Waals surface area contributed by atoms with E-state index in [0.29, 0.717) is 5.17 Å². The third kappa shape index (κ3) is 5.14. The van der Waals surface area contributed by atoms with Crippen molar-refractivity contribution in [2.75, 3.05) is 0 Å². The molecule has 68 valence electrons. The van der Waals surface area contributed by atoms with E-state index in [2.05, 4.69) is 18.0 Å². The summed E-state index contributed by atoms with van der Waals surface area (Å²) in [4.78, 5) is 4.03. The molecule has 0 atom stereocenters. The molecule has 0 aromatic rings. The second-order valence-corrected chi connectivity index (χ2v) is 2.94. The van der Waals surface area contributed by atoms with Gasteiger partial charge in [-0.2, -0.15) is 0 Å². The normalized spacial score (nSPS) is 14.3. The maximum absolute atomic E-state index is 5.88. The molecular formula is C10H16ClN. The van der Waals surface area contributed by atoms with Gasteiger partial charge in [-0.25, -0.2) is 4.99 Å². The van der Waals surface area contributed by atoms with E-state index in [9.17, 15) is 0 Å². The van der Waals surface area contributed by atoms with Gasteiger partial charge in [0, 0.05) is 6.20 Å². The molecule has 0 saturated carbocycles. The highest BCUT2D eigenvalue weighted by Crippen LogP contribution is 2.04. The Labute approximate surface area is 79.8 Å². The molecule has 0 unspecified atom stereocenters. The first-order valence-corrected chi connectivity index (χ1v) is 4.61. The van der Waals surface area contributed by atoms with Crippen LogP contribution in [0.3, 0.4) is 0 Å². The van der Waals surface area contributed by atoms with Crippen molar-refractivity contribution in [2.45, 2.75) is 33.6 Å². The summed E-state index contributed by atoms with van der Waals surface area (Å²) in [6, 6.07) is 0. The van der Waals surface area contributed by atoms with E-state index in [-0.39, 0.29) is 0 Å². The van der Waals surface area contributed by atoms with Crippen LogP contribution in [0.25, 0.3) is 0 Å². The Kier molecular flexibility index (Phi) is 6.78. The van der Waals surface area contributed by atoms with Gasteiger partial charge in [-0.15, -0.1) is 0 Å². The molecule has 0 N–H and O–H groups in total. The average molecular weight is 186 g/mol. The molecule has 0 aliphatic rings.